The minimum atomic E-state index is -1.96. The van der Waals surface area contributed by atoms with Gasteiger partial charge in [-0.25, -0.2) is 4.79 Å². The number of amides is 12. The highest BCUT2D eigenvalue weighted by atomic mass is 16.4. The zero-order valence-electron chi connectivity index (χ0n) is 49.7. The summed E-state index contributed by atoms with van der Waals surface area (Å²) in [5, 5.41) is 61.2. The number of phenols is 1. The molecule has 38 nitrogen and oxygen atoms in total. The Kier molecular flexibility index (Phi) is 36.9. The van der Waals surface area contributed by atoms with Gasteiger partial charge in [0.15, 0.2) is 11.9 Å². The summed E-state index contributed by atoms with van der Waals surface area (Å²) in [7, 11) is 0. The standard InChI is InChI=1S/C52H89N21O17/c53-17-3-1-7-28(55)41(80)69-34(22-39(57)78)47(86)73-36(24-74)48(87)67-31(10-6-20-64-52(61)62)43(82)66-30(9-5-19-63-51(59)60)42(81)65-29(8-2-4-18-54)44(83)70-33(21-26-11-13-27(76)14-12-26)45(84)72-37(25-75)49(88)71-35(23-40(58)79)46(85)68-32(50(89)90)15-16-38(56)77/h11-14,28-37,74-76H,1-10,15-25,53-55H2,(H2,56,77)(H2,57,78)(H2,58,79)(H,65,81)(H,66,82)(H,67,87)(H,68,85)(H,69,80)(H,70,83)(H,71,88)(H,72,84)(H,73,86)(H,89,90)(H4,59,60,63)(H4,61,62,64)/t28-,29-,30-,31-,32-,33-,34-,35-,36-,37-/m0/s1. The predicted octanol–water partition coefficient (Wildman–Crippen LogP) is -10.9. The molecule has 0 aromatic heterocycles. The number of benzene rings is 1. The molecule has 0 saturated carbocycles. The second kappa shape index (κ2) is 42.4. The summed E-state index contributed by atoms with van der Waals surface area (Å²) in [6.45, 7) is -2.04. The van der Waals surface area contributed by atoms with Gasteiger partial charge in [-0.1, -0.05) is 18.6 Å². The minimum Gasteiger partial charge on any atom is -0.508 e. The van der Waals surface area contributed by atoms with E-state index in [-0.39, 0.29) is 82.2 Å². The van der Waals surface area contributed by atoms with E-state index in [0.717, 1.165) is 0 Å². The van der Waals surface area contributed by atoms with Gasteiger partial charge in [-0.3, -0.25) is 67.5 Å². The van der Waals surface area contributed by atoms with Crippen molar-refractivity contribution in [2.75, 3.05) is 39.4 Å². The van der Waals surface area contributed by atoms with Crippen LogP contribution in [0.5, 0.6) is 5.75 Å². The molecule has 504 valence electrons. The number of carboxylic acid groups (broad SMARTS) is 1. The Hall–Kier alpha value is -9.53. The Morgan fingerprint density at radius 3 is 1.11 bits per heavy atom. The van der Waals surface area contributed by atoms with Crippen molar-refractivity contribution in [2.24, 2.45) is 67.3 Å². The van der Waals surface area contributed by atoms with Crippen LogP contribution in [0.25, 0.3) is 0 Å². The zero-order valence-corrected chi connectivity index (χ0v) is 49.7. The maximum atomic E-state index is 14.5. The number of rotatable bonds is 46. The zero-order chi connectivity index (χ0) is 68.0. The van der Waals surface area contributed by atoms with Gasteiger partial charge in [0.05, 0.1) is 32.1 Å². The molecule has 0 radical (unpaired) electrons. The van der Waals surface area contributed by atoms with Crippen LogP contribution in [0, 0.1) is 0 Å². The van der Waals surface area contributed by atoms with Crippen LogP contribution >= 0.6 is 0 Å². The van der Waals surface area contributed by atoms with Crippen molar-refractivity contribution in [3.8, 4) is 5.75 Å². The minimum absolute atomic E-state index is 0.00964. The molecule has 12 amide bonds. The summed E-state index contributed by atoms with van der Waals surface area (Å²) < 4.78 is 0. The number of aliphatic imine (C=N–C) groups is 2. The maximum Gasteiger partial charge on any atom is 0.326 e. The van der Waals surface area contributed by atoms with E-state index in [1.807, 2.05) is 0 Å². The lowest BCUT2D eigenvalue weighted by Crippen LogP contribution is -2.61. The quantitative estimate of drug-likeness (QED) is 0.0164. The third-order valence-electron chi connectivity index (χ3n) is 13.1. The molecule has 10 atom stereocenters. The van der Waals surface area contributed by atoms with E-state index in [9.17, 15) is 82.8 Å². The highest BCUT2D eigenvalue weighted by Gasteiger charge is 2.36. The van der Waals surface area contributed by atoms with Crippen molar-refractivity contribution in [3.05, 3.63) is 29.8 Å². The van der Waals surface area contributed by atoms with Gasteiger partial charge in [-0.2, -0.15) is 0 Å². The van der Waals surface area contributed by atoms with Crippen molar-refractivity contribution >= 4 is 88.8 Å². The molecular formula is C52H89N21O17. The number of phenolic OH excluding ortho intramolecular Hbond substituents is 1. The predicted molar refractivity (Wildman–Crippen MR) is 321 cm³/mol. The van der Waals surface area contributed by atoms with E-state index in [1.165, 1.54) is 24.3 Å². The van der Waals surface area contributed by atoms with E-state index in [0.29, 0.717) is 31.4 Å². The number of hydrogen-bond acceptors (Lipinski definition) is 21. The first-order valence-corrected chi connectivity index (χ1v) is 28.5. The molecule has 0 heterocycles. The molecule has 0 spiro atoms. The number of primary amides is 3. The fourth-order valence-corrected chi connectivity index (χ4v) is 8.23. The van der Waals surface area contributed by atoms with Crippen molar-refractivity contribution < 1.29 is 82.8 Å². The van der Waals surface area contributed by atoms with Crippen LogP contribution in [-0.2, 0) is 68.7 Å². The van der Waals surface area contributed by atoms with Crippen LogP contribution in [0.15, 0.2) is 34.3 Å². The molecule has 0 saturated heterocycles. The molecule has 0 aliphatic heterocycles. The van der Waals surface area contributed by atoms with Crippen molar-refractivity contribution in [1.29, 1.82) is 0 Å². The Morgan fingerprint density at radius 1 is 0.400 bits per heavy atom. The number of aliphatic carboxylic acids is 1. The number of carbonyl (C=O) groups is 13. The highest BCUT2D eigenvalue weighted by molar-refractivity contribution is 6.00. The number of unbranched alkanes of at least 4 members (excludes halogenated alkanes) is 2. The summed E-state index contributed by atoms with van der Waals surface area (Å²) >= 11 is 0. The summed E-state index contributed by atoms with van der Waals surface area (Å²) in [4.78, 5) is 179. The first kappa shape index (κ1) is 78.5. The van der Waals surface area contributed by atoms with Crippen molar-refractivity contribution in [3.63, 3.8) is 0 Å². The number of aliphatic hydroxyl groups excluding tert-OH is 2. The van der Waals surface area contributed by atoms with Gasteiger partial charge in [0.1, 0.15) is 60.1 Å². The number of nitrogens with zero attached hydrogens (tertiary/aromatic N) is 2. The average molecular weight is 1280 g/mol. The monoisotopic (exact) mass is 1280 g/mol. The molecule has 0 aliphatic rings. The third kappa shape index (κ3) is 31.9. The van der Waals surface area contributed by atoms with Crippen molar-refractivity contribution in [2.45, 2.75) is 157 Å². The number of hydrogen-bond donors (Lipinski definition) is 23. The summed E-state index contributed by atoms with van der Waals surface area (Å²) in [5.41, 5.74) is 55.3. The largest absolute Gasteiger partial charge is 0.508 e. The van der Waals surface area contributed by atoms with Crippen LogP contribution in [0.3, 0.4) is 0 Å². The topological polar surface area (TPSA) is 696 Å². The lowest BCUT2D eigenvalue weighted by Gasteiger charge is -2.28. The Morgan fingerprint density at radius 2 is 0.733 bits per heavy atom. The van der Waals surface area contributed by atoms with E-state index in [4.69, 9.17) is 57.3 Å². The SMILES string of the molecule is NCCCC[C@H](NC(=O)[C@H](CCCN=C(N)N)NC(=O)[C@H](CCCN=C(N)N)NC(=O)[C@H](CO)NC(=O)[C@H](CC(N)=O)NC(=O)[C@@H](N)CCCCN)C(=O)N[C@@H](Cc1ccc(O)cc1)C(=O)N[C@@H](CO)C(=O)N[C@@H](CC(N)=O)C(=O)N[C@@H](CCC(N)=O)C(=O)O. The van der Waals surface area contributed by atoms with E-state index >= 15 is 0 Å². The van der Waals surface area contributed by atoms with Gasteiger partial charge in [-0.05, 0) is 95.0 Å². The molecule has 1 aromatic rings. The summed E-state index contributed by atoms with van der Waals surface area (Å²) in [6.07, 6.45) is -2.15. The molecule has 0 unspecified atom stereocenters. The normalized spacial score (nSPS) is 14.2. The maximum absolute atomic E-state index is 14.5. The van der Waals surface area contributed by atoms with Crippen LogP contribution in [0.4, 0.5) is 0 Å². The van der Waals surface area contributed by atoms with Crippen LogP contribution < -0.4 is 105 Å². The Balaban J connectivity index is 3.73. The van der Waals surface area contributed by atoms with Crippen LogP contribution in [0.1, 0.15) is 95.5 Å². The number of carbonyl (C=O) groups excluding carboxylic acids is 12. The first-order chi connectivity index (χ1) is 42.5. The highest BCUT2D eigenvalue weighted by Crippen LogP contribution is 2.14. The number of carboxylic acids is 1. The second-order valence-corrected chi connectivity index (χ2v) is 20.5. The lowest BCUT2D eigenvalue weighted by molar-refractivity contribution is -0.143. The van der Waals surface area contributed by atoms with Crippen LogP contribution in [0.2, 0.25) is 0 Å². The molecule has 1 aromatic carbocycles. The number of nitrogens with one attached hydrogen (secondary N) is 9. The smallest absolute Gasteiger partial charge is 0.326 e. The Bertz CT molecular complexity index is 2640. The number of guanidine groups is 2. The molecule has 0 fully saturated rings. The lowest BCUT2D eigenvalue weighted by atomic mass is 10.0. The Labute approximate surface area is 517 Å². The molecule has 38 heteroatoms. The number of aliphatic hydroxyl groups is 2. The molecule has 1 rings (SSSR count). The van der Waals surface area contributed by atoms with Crippen molar-refractivity contribution in [1.82, 2.24) is 47.9 Å². The third-order valence-corrected chi connectivity index (χ3v) is 13.1. The second-order valence-electron chi connectivity index (χ2n) is 20.5. The number of nitrogens with two attached hydrogens (primary N) is 10. The van der Waals surface area contributed by atoms with E-state index < -0.39 is 183 Å². The summed E-state index contributed by atoms with van der Waals surface area (Å²) in [6, 6.07) is -11.5. The van der Waals surface area contributed by atoms with Crippen LogP contribution in [-0.4, -0.2) is 209 Å². The van der Waals surface area contributed by atoms with Gasteiger partial charge >= 0.3 is 5.97 Å². The molecule has 0 bridgehead atoms. The molecule has 33 N–H and O–H groups in total. The summed E-state index contributed by atoms with van der Waals surface area (Å²) in [5.74, 6) is -15.6. The molecule has 90 heavy (non-hydrogen) atoms. The molecular weight excluding hydrogens is 1190 g/mol. The van der Waals surface area contributed by atoms with Gasteiger partial charge in [0, 0.05) is 25.9 Å². The van der Waals surface area contributed by atoms with Gasteiger partial charge in [0.25, 0.3) is 0 Å². The first-order valence-electron chi connectivity index (χ1n) is 28.5. The van der Waals surface area contributed by atoms with E-state index in [2.05, 4.69) is 57.8 Å². The number of aromatic hydroxyl groups is 1. The van der Waals surface area contributed by atoms with Gasteiger partial charge in [0.2, 0.25) is 70.9 Å². The van der Waals surface area contributed by atoms with E-state index in [1.54, 1.807) is 0 Å². The average Bonchev–Trinajstić information content (AvgIpc) is 3.64. The fourth-order valence-electron chi connectivity index (χ4n) is 8.23. The van der Waals surface area contributed by atoms with Gasteiger partial charge in [-0.15, -0.1) is 0 Å². The fraction of sp³-hybridized carbons (Fsp3) is 0.596. The molecule has 0 aliphatic carbocycles. The van der Waals surface area contributed by atoms with Gasteiger partial charge < -0.3 is 126 Å².